The average molecular weight is 298 g/mol. The lowest BCUT2D eigenvalue weighted by molar-refractivity contribution is -0.141. The summed E-state index contributed by atoms with van der Waals surface area (Å²) >= 11 is 5.46. The van der Waals surface area contributed by atoms with Gasteiger partial charge in [-0.25, -0.2) is 9.97 Å². The number of aliphatic hydroxyl groups is 1. The van der Waals surface area contributed by atoms with E-state index in [4.69, 9.17) is 11.6 Å². The molecule has 0 aliphatic rings. The van der Waals surface area contributed by atoms with E-state index < -0.39 is 17.2 Å². The molecule has 0 amide bonds. The van der Waals surface area contributed by atoms with Crippen molar-refractivity contribution >= 4 is 17.4 Å². The molecule has 4 nitrogen and oxygen atoms in total. The number of hydrogen-bond donors (Lipinski definition) is 2. The number of nitrogens with zero attached hydrogens (tertiary/aromatic N) is 2. The Morgan fingerprint density at radius 1 is 1.37 bits per heavy atom. The van der Waals surface area contributed by atoms with Crippen molar-refractivity contribution in [1.29, 1.82) is 0 Å². The van der Waals surface area contributed by atoms with Crippen LogP contribution in [0.3, 0.4) is 0 Å². The third-order valence-corrected chi connectivity index (χ3v) is 2.49. The highest BCUT2D eigenvalue weighted by Gasteiger charge is 2.33. The van der Waals surface area contributed by atoms with Crippen LogP contribution in [0, 0.1) is 5.92 Å². The Kier molecular flexibility index (Phi) is 5.37. The third kappa shape index (κ3) is 5.20. The topological polar surface area (TPSA) is 58.0 Å². The first-order chi connectivity index (χ1) is 8.72. The molecule has 2 N–H and O–H groups in total. The van der Waals surface area contributed by atoms with E-state index in [9.17, 15) is 18.3 Å². The fourth-order valence-electron chi connectivity index (χ4n) is 1.59. The van der Waals surface area contributed by atoms with Gasteiger partial charge in [-0.2, -0.15) is 13.2 Å². The van der Waals surface area contributed by atoms with Crippen LogP contribution in [0.1, 0.15) is 26.0 Å². The summed E-state index contributed by atoms with van der Waals surface area (Å²) in [5.41, 5.74) is -1.11. The quantitative estimate of drug-likeness (QED) is 0.820. The summed E-state index contributed by atoms with van der Waals surface area (Å²) in [6.45, 7) is 3.68. The van der Waals surface area contributed by atoms with E-state index in [-0.39, 0.29) is 24.4 Å². The second-order valence-electron chi connectivity index (χ2n) is 4.56. The minimum absolute atomic E-state index is 0.0491. The standard InChI is InChI=1S/C11H15ClF3N3O/c1-6(2)3-7(5-19)16-9-4-8(11(13,14)15)17-10(12)18-9/h4,6-7,19H,3,5H2,1-2H3,(H,16,17,18). The SMILES string of the molecule is CC(C)CC(CO)Nc1cc(C(F)(F)F)nc(Cl)n1. The molecule has 0 aliphatic carbocycles. The molecule has 0 aliphatic heterocycles. The zero-order chi connectivity index (χ0) is 14.6. The lowest BCUT2D eigenvalue weighted by atomic mass is 10.0. The van der Waals surface area contributed by atoms with Gasteiger partial charge in [-0.15, -0.1) is 0 Å². The van der Waals surface area contributed by atoms with Crippen LogP contribution in [-0.2, 0) is 6.18 Å². The van der Waals surface area contributed by atoms with Crippen molar-refractivity contribution in [3.8, 4) is 0 Å². The van der Waals surface area contributed by atoms with Gasteiger partial charge >= 0.3 is 6.18 Å². The maximum absolute atomic E-state index is 12.6. The Morgan fingerprint density at radius 2 is 2.00 bits per heavy atom. The van der Waals surface area contributed by atoms with E-state index in [1.807, 2.05) is 13.8 Å². The molecule has 8 heteroatoms. The summed E-state index contributed by atoms with van der Waals surface area (Å²) in [4.78, 5) is 6.80. The van der Waals surface area contributed by atoms with Crippen LogP contribution in [0.25, 0.3) is 0 Å². The molecule has 0 saturated carbocycles. The molecule has 1 rings (SSSR count). The lowest BCUT2D eigenvalue weighted by Gasteiger charge is -2.19. The highest BCUT2D eigenvalue weighted by Crippen LogP contribution is 2.29. The molecule has 1 unspecified atom stereocenters. The third-order valence-electron chi connectivity index (χ3n) is 2.32. The molecule has 0 saturated heterocycles. The Bertz CT molecular complexity index is 426. The molecule has 108 valence electrons. The summed E-state index contributed by atoms with van der Waals surface area (Å²) < 4.78 is 37.7. The molecule has 0 bridgehead atoms. The van der Waals surface area contributed by atoms with Crippen molar-refractivity contribution < 1.29 is 18.3 Å². The van der Waals surface area contributed by atoms with Gasteiger partial charge in [0.15, 0.2) is 5.69 Å². The monoisotopic (exact) mass is 297 g/mol. The lowest BCUT2D eigenvalue weighted by Crippen LogP contribution is -2.26. The molecule has 1 aromatic rings. The molecular weight excluding hydrogens is 283 g/mol. The largest absolute Gasteiger partial charge is 0.433 e. The van der Waals surface area contributed by atoms with Gasteiger partial charge in [0.2, 0.25) is 5.28 Å². The molecule has 19 heavy (non-hydrogen) atoms. The number of alkyl halides is 3. The van der Waals surface area contributed by atoms with Gasteiger partial charge in [0.05, 0.1) is 12.6 Å². The van der Waals surface area contributed by atoms with Crippen LogP contribution >= 0.6 is 11.6 Å². The predicted molar refractivity (Wildman–Crippen MR) is 66.0 cm³/mol. The molecule has 0 spiro atoms. The van der Waals surface area contributed by atoms with Crippen LogP contribution in [0.15, 0.2) is 6.07 Å². The highest BCUT2D eigenvalue weighted by atomic mass is 35.5. The number of rotatable bonds is 5. The number of halogens is 4. The average Bonchev–Trinajstić information content (AvgIpc) is 2.25. The van der Waals surface area contributed by atoms with Crippen molar-refractivity contribution in [1.82, 2.24) is 9.97 Å². The fourth-order valence-corrected chi connectivity index (χ4v) is 1.78. The van der Waals surface area contributed by atoms with Crippen molar-refractivity contribution in [2.75, 3.05) is 11.9 Å². The number of aromatic nitrogens is 2. The van der Waals surface area contributed by atoms with E-state index in [1.54, 1.807) is 0 Å². The van der Waals surface area contributed by atoms with Crippen molar-refractivity contribution in [3.05, 3.63) is 17.0 Å². The molecule has 1 aromatic heterocycles. The van der Waals surface area contributed by atoms with E-state index in [0.717, 1.165) is 6.07 Å². The summed E-state index contributed by atoms with van der Waals surface area (Å²) in [5.74, 6) is 0.232. The smallest absolute Gasteiger partial charge is 0.394 e. The van der Waals surface area contributed by atoms with E-state index >= 15 is 0 Å². The summed E-state index contributed by atoms with van der Waals surface area (Å²) in [6.07, 6.45) is -3.99. The fraction of sp³-hybridized carbons (Fsp3) is 0.636. The van der Waals surface area contributed by atoms with Crippen LogP contribution in [0.5, 0.6) is 0 Å². The van der Waals surface area contributed by atoms with Gasteiger partial charge in [0.1, 0.15) is 5.82 Å². The zero-order valence-electron chi connectivity index (χ0n) is 10.5. The normalized spacial score (nSPS) is 13.7. The second kappa shape index (κ2) is 6.38. The van der Waals surface area contributed by atoms with Gasteiger partial charge in [-0.1, -0.05) is 13.8 Å². The second-order valence-corrected chi connectivity index (χ2v) is 4.90. The number of aliphatic hydroxyl groups excluding tert-OH is 1. The van der Waals surface area contributed by atoms with Gasteiger partial charge < -0.3 is 10.4 Å². The molecular formula is C11H15ClF3N3O. The van der Waals surface area contributed by atoms with Crippen molar-refractivity contribution in [2.24, 2.45) is 5.92 Å². The Hall–Kier alpha value is -1.08. The van der Waals surface area contributed by atoms with E-state index in [1.165, 1.54) is 0 Å². The summed E-state index contributed by atoms with van der Waals surface area (Å²) in [6, 6.07) is 0.390. The van der Waals surface area contributed by atoms with Gasteiger partial charge in [0.25, 0.3) is 0 Å². The number of hydrogen-bond acceptors (Lipinski definition) is 4. The minimum atomic E-state index is -4.59. The minimum Gasteiger partial charge on any atom is -0.394 e. The van der Waals surface area contributed by atoms with E-state index in [0.29, 0.717) is 6.42 Å². The van der Waals surface area contributed by atoms with E-state index in [2.05, 4.69) is 15.3 Å². The van der Waals surface area contributed by atoms with Crippen LogP contribution in [-0.4, -0.2) is 27.7 Å². The zero-order valence-corrected chi connectivity index (χ0v) is 11.3. The van der Waals surface area contributed by atoms with Gasteiger partial charge in [0, 0.05) is 6.07 Å². The number of nitrogens with one attached hydrogen (secondary N) is 1. The maximum Gasteiger partial charge on any atom is 0.433 e. The van der Waals surface area contributed by atoms with Crippen molar-refractivity contribution in [3.63, 3.8) is 0 Å². The predicted octanol–water partition coefficient (Wildman–Crippen LogP) is 2.97. The molecule has 0 radical (unpaired) electrons. The Morgan fingerprint density at radius 3 is 2.47 bits per heavy atom. The first-order valence-corrected chi connectivity index (χ1v) is 6.09. The van der Waals surface area contributed by atoms with Crippen LogP contribution in [0.2, 0.25) is 5.28 Å². The van der Waals surface area contributed by atoms with Crippen LogP contribution in [0.4, 0.5) is 19.0 Å². The first-order valence-electron chi connectivity index (χ1n) is 5.71. The van der Waals surface area contributed by atoms with Crippen LogP contribution < -0.4 is 5.32 Å². The van der Waals surface area contributed by atoms with Gasteiger partial charge in [-0.3, -0.25) is 0 Å². The summed E-state index contributed by atoms with van der Waals surface area (Å²) in [7, 11) is 0. The molecule has 1 atom stereocenters. The Balaban J connectivity index is 2.91. The van der Waals surface area contributed by atoms with Crippen molar-refractivity contribution in [2.45, 2.75) is 32.5 Å². The molecule has 1 heterocycles. The van der Waals surface area contributed by atoms with Gasteiger partial charge in [-0.05, 0) is 23.9 Å². The summed E-state index contributed by atoms with van der Waals surface area (Å²) in [5, 5.41) is 11.4. The molecule has 0 aromatic carbocycles. The highest BCUT2D eigenvalue weighted by molar-refractivity contribution is 6.28. The maximum atomic E-state index is 12.6. The molecule has 0 fully saturated rings. The Labute approximate surface area is 114 Å². The number of anilines is 1. The first kappa shape index (κ1) is 16.0.